The van der Waals surface area contributed by atoms with Crippen molar-refractivity contribution in [3.8, 4) is 0 Å². The van der Waals surface area contributed by atoms with Crippen molar-refractivity contribution in [3.05, 3.63) is 12.7 Å². The molecule has 0 bridgehead atoms. The number of carbonyl (C=O) groups excluding carboxylic acids is 1. The van der Waals surface area contributed by atoms with Crippen molar-refractivity contribution in [1.29, 1.82) is 0 Å². The number of carbonyl (C=O) groups is 1. The molecule has 0 aromatic heterocycles. The van der Waals surface area contributed by atoms with Crippen LogP contribution in [0.1, 0.15) is 26.2 Å². The standard InChI is InChI=1S/C10H18O4/c1-3-5-8-13-10(6-7-11)14-9(12)4-2/h4,10-11H,2-3,5-8H2,1H3. The van der Waals surface area contributed by atoms with E-state index in [-0.39, 0.29) is 6.61 Å². The van der Waals surface area contributed by atoms with Gasteiger partial charge in [-0.1, -0.05) is 19.9 Å². The first-order chi connectivity index (χ1) is 6.74. The van der Waals surface area contributed by atoms with E-state index in [0.29, 0.717) is 13.0 Å². The first kappa shape index (κ1) is 13.1. The molecule has 0 aromatic carbocycles. The summed E-state index contributed by atoms with van der Waals surface area (Å²) >= 11 is 0. The highest BCUT2D eigenvalue weighted by Gasteiger charge is 2.11. The molecule has 0 amide bonds. The van der Waals surface area contributed by atoms with Gasteiger partial charge in [-0.05, 0) is 6.42 Å². The Morgan fingerprint density at radius 1 is 1.64 bits per heavy atom. The monoisotopic (exact) mass is 202 g/mol. The summed E-state index contributed by atoms with van der Waals surface area (Å²) in [5.41, 5.74) is 0. The predicted molar refractivity (Wildman–Crippen MR) is 52.6 cm³/mol. The van der Waals surface area contributed by atoms with Crippen LogP contribution in [0.15, 0.2) is 12.7 Å². The molecule has 0 rings (SSSR count). The van der Waals surface area contributed by atoms with Gasteiger partial charge in [-0.15, -0.1) is 0 Å². The molecule has 0 aliphatic carbocycles. The number of rotatable bonds is 8. The van der Waals surface area contributed by atoms with Crippen LogP contribution in [-0.2, 0) is 14.3 Å². The molecule has 14 heavy (non-hydrogen) atoms. The van der Waals surface area contributed by atoms with Gasteiger partial charge in [0.15, 0.2) is 0 Å². The highest BCUT2D eigenvalue weighted by molar-refractivity contribution is 5.81. The zero-order valence-electron chi connectivity index (χ0n) is 8.57. The summed E-state index contributed by atoms with van der Waals surface area (Å²) in [5.74, 6) is -0.528. The molecule has 1 N–H and O–H groups in total. The van der Waals surface area contributed by atoms with E-state index in [1.165, 1.54) is 0 Å². The second-order valence-corrected chi connectivity index (χ2v) is 2.81. The maximum Gasteiger partial charge on any atom is 0.332 e. The lowest BCUT2D eigenvalue weighted by Crippen LogP contribution is -2.22. The van der Waals surface area contributed by atoms with E-state index < -0.39 is 12.3 Å². The Morgan fingerprint density at radius 2 is 2.36 bits per heavy atom. The Labute approximate surface area is 84.5 Å². The van der Waals surface area contributed by atoms with Crippen LogP contribution < -0.4 is 0 Å². The van der Waals surface area contributed by atoms with Crippen molar-refractivity contribution in [1.82, 2.24) is 0 Å². The zero-order valence-corrected chi connectivity index (χ0v) is 8.57. The van der Waals surface area contributed by atoms with Crippen LogP contribution in [-0.4, -0.2) is 30.6 Å². The Morgan fingerprint density at radius 3 is 2.86 bits per heavy atom. The average molecular weight is 202 g/mol. The fourth-order valence-corrected chi connectivity index (χ4v) is 0.818. The summed E-state index contributed by atoms with van der Waals surface area (Å²) in [7, 11) is 0. The molecule has 0 aliphatic heterocycles. The van der Waals surface area contributed by atoms with Gasteiger partial charge in [0.2, 0.25) is 6.29 Å². The average Bonchev–Trinajstić information content (AvgIpc) is 2.18. The van der Waals surface area contributed by atoms with Crippen LogP contribution in [0.4, 0.5) is 0 Å². The van der Waals surface area contributed by atoms with Crippen LogP contribution >= 0.6 is 0 Å². The van der Waals surface area contributed by atoms with Gasteiger partial charge in [-0.3, -0.25) is 0 Å². The number of unbranched alkanes of at least 4 members (excludes halogenated alkanes) is 1. The van der Waals surface area contributed by atoms with Gasteiger partial charge >= 0.3 is 5.97 Å². The molecule has 0 spiro atoms. The lowest BCUT2D eigenvalue weighted by molar-refractivity contribution is -0.176. The van der Waals surface area contributed by atoms with E-state index in [1.54, 1.807) is 0 Å². The number of ether oxygens (including phenoxy) is 2. The van der Waals surface area contributed by atoms with Crippen LogP contribution in [0, 0.1) is 0 Å². The second kappa shape index (κ2) is 8.72. The summed E-state index contributed by atoms with van der Waals surface area (Å²) in [5, 5.41) is 8.68. The molecule has 0 aromatic rings. The van der Waals surface area contributed by atoms with Crippen molar-refractivity contribution < 1.29 is 19.4 Å². The second-order valence-electron chi connectivity index (χ2n) is 2.81. The number of aliphatic hydroxyl groups excluding tert-OH is 1. The normalized spacial score (nSPS) is 12.1. The van der Waals surface area contributed by atoms with Crippen molar-refractivity contribution in [2.45, 2.75) is 32.5 Å². The molecule has 0 radical (unpaired) electrons. The topological polar surface area (TPSA) is 55.8 Å². The minimum atomic E-state index is -0.656. The third-order valence-electron chi connectivity index (χ3n) is 1.58. The number of hydrogen-bond donors (Lipinski definition) is 1. The summed E-state index contributed by atoms with van der Waals surface area (Å²) < 4.78 is 10.1. The van der Waals surface area contributed by atoms with E-state index in [0.717, 1.165) is 18.9 Å². The molecule has 1 unspecified atom stereocenters. The highest BCUT2D eigenvalue weighted by Crippen LogP contribution is 2.03. The van der Waals surface area contributed by atoms with Gasteiger partial charge in [0, 0.05) is 19.1 Å². The van der Waals surface area contributed by atoms with Crippen LogP contribution in [0.25, 0.3) is 0 Å². The molecule has 0 saturated carbocycles. The van der Waals surface area contributed by atoms with Crippen LogP contribution in [0.3, 0.4) is 0 Å². The fourth-order valence-electron chi connectivity index (χ4n) is 0.818. The molecule has 0 saturated heterocycles. The van der Waals surface area contributed by atoms with Gasteiger partial charge in [0.25, 0.3) is 0 Å². The molecular formula is C10H18O4. The van der Waals surface area contributed by atoms with Crippen LogP contribution in [0.5, 0.6) is 0 Å². The van der Waals surface area contributed by atoms with Crippen molar-refractivity contribution >= 4 is 5.97 Å². The Kier molecular flexibility index (Phi) is 8.17. The Balaban J connectivity index is 3.76. The number of aliphatic hydroxyl groups is 1. The Bertz CT molecular complexity index is 168. The molecule has 0 fully saturated rings. The molecular weight excluding hydrogens is 184 g/mol. The Hall–Kier alpha value is -0.870. The first-order valence-corrected chi connectivity index (χ1v) is 4.80. The van der Waals surface area contributed by atoms with Crippen LogP contribution in [0.2, 0.25) is 0 Å². The summed E-state index contributed by atoms with van der Waals surface area (Å²) in [6.45, 7) is 5.78. The molecule has 82 valence electrons. The molecule has 0 heterocycles. The third-order valence-corrected chi connectivity index (χ3v) is 1.58. The summed E-state index contributed by atoms with van der Waals surface area (Å²) in [6, 6.07) is 0. The summed E-state index contributed by atoms with van der Waals surface area (Å²) in [4.78, 5) is 10.8. The zero-order chi connectivity index (χ0) is 10.8. The van der Waals surface area contributed by atoms with E-state index >= 15 is 0 Å². The molecule has 4 nitrogen and oxygen atoms in total. The number of hydrogen-bond acceptors (Lipinski definition) is 4. The van der Waals surface area contributed by atoms with Gasteiger partial charge < -0.3 is 14.6 Å². The molecule has 1 atom stereocenters. The van der Waals surface area contributed by atoms with Gasteiger partial charge in [0.05, 0.1) is 6.61 Å². The van der Waals surface area contributed by atoms with Crippen molar-refractivity contribution in [2.75, 3.05) is 13.2 Å². The van der Waals surface area contributed by atoms with E-state index in [4.69, 9.17) is 14.6 Å². The summed E-state index contributed by atoms with van der Waals surface area (Å²) in [6.07, 6.45) is 2.64. The minimum Gasteiger partial charge on any atom is -0.433 e. The maximum absolute atomic E-state index is 10.8. The predicted octanol–water partition coefficient (Wildman–Crippen LogP) is 1.24. The van der Waals surface area contributed by atoms with Crippen molar-refractivity contribution in [3.63, 3.8) is 0 Å². The third kappa shape index (κ3) is 6.62. The molecule has 0 aliphatic rings. The smallest absolute Gasteiger partial charge is 0.332 e. The highest BCUT2D eigenvalue weighted by atomic mass is 16.7. The van der Waals surface area contributed by atoms with E-state index in [2.05, 4.69) is 6.58 Å². The first-order valence-electron chi connectivity index (χ1n) is 4.80. The minimum absolute atomic E-state index is 0.0682. The van der Waals surface area contributed by atoms with Gasteiger partial charge in [0.1, 0.15) is 0 Å². The van der Waals surface area contributed by atoms with Gasteiger partial charge in [-0.25, -0.2) is 4.79 Å². The SMILES string of the molecule is C=CC(=O)OC(CCO)OCCCC. The quantitative estimate of drug-likeness (QED) is 0.278. The van der Waals surface area contributed by atoms with Crippen molar-refractivity contribution in [2.24, 2.45) is 0 Å². The number of esters is 1. The lowest BCUT2D eigenvalue weighted by atomic mass is 10.3. The maximum atomic E-state index is 10.8. The lowest BCUT2D eigenvalue weighted by Gasteiger charge is -2.16. The van der Waals surface area contributed by atoms with Gasteiger partial charge in [-0.2, -0.15) is 0 Å². The molecule has 4 heteroatoms. The van der Waals surface area contributed by atoms with E-state index in [1.807, 2.05) is 6.92 Å². The largest absolute Gasteiger partial charge is 0.433 e. The van der Waals surface area contributed by atoms with E-state index in [9.17, 15) is 4.79 Å². The fraction of sp³-hybridized carbons (Fsp3) is 0.700.